The van der Waals surface area contributed by atoms with Crippen molar-refractivity contribution in [1.82, 2.24) is 4.98 Å². The van der Waals surface area contributed by atoms with E-state index in [4.69, 9.17) is 0 Å². The Morgan fingerprint density at radius 3 is 2.52 bits per heavy atom. The third kappa shape index (κ3) is 4.10. The second-order valence-corrected chi connectivity index (χ2v) is 5.67. The second kappa shape index (κ2) is 6.97. The summed E-state index contributed by atoms with van der Waals surface area (Å²) in [6.07, 6.45) is 6.29. The van der Waals surface area contributed by atoms with Crippen LogP contribution in [0.4, 0.5) is 0 Å². The van der Waals surface area contributed by atoms with Crippen molar-refractivity contribution in [2.75, 3.05) is 0 Å². The van der Waals surface area contributed by atoms with E-state index in [0.29, 0.717) is 6.54 Å². The molecule has 0 fully saturated rings. The van der Waals surface area contributed by atoms with Gasteiger partial charge in [-0.1, -0.05) is 60.2 Å². The molecule has 0 radical (unpaired) electrons. The molecule has 0 saturated carbocycles. The molecule has 114 valence electrons. The summed E-state index contributed by atoms with van der Waals surface area (Å²) in [6.45, 7) is 2.40. The first-order chi connectivity index (χ1) is 11.2. The summed E-state index contributed by atoms with van der Waals surface area (Å²) in [4.78, 5) is 16.7. The van der Waals surface area contributed by atoms with Gasteiger partial charge in [-0.25, -0.2) is 4.98 Å². The van der Waals surface area contributed by atoms with Crippen LogP contribution >= 0.6 is 0 Å². The van der Waals surface area contributed by atoms with Crippen molar-refractivity contribution in [2.24, 2.45) is 0 Å². The van der Waals surface area contributed by atoms with Gasteiger partial charge in [-0.2, -0.15) is 4.57 Å². The van der Waals surface area contributed by atoms with E-state index >= 15 is 0 Å². The molecule has 0 atom stereocenters. The zero-order valence-electron chi connectivity index (χ0n) is 13.1. The van der Waals surface area contributed by atoms with Gasteiger partial charge in [-0.3, -0.25) is 4.79 Å². The van der Waals surface area contributed by atoms with Crippen LogP contribution in [0.15, 0.2) is 73.2 Å². The number of carbonyl (C=O) groups excluding carboxylic acids is 1. The van der Waals surface area contributed by atoms with E-state index in [-0.39, 0.29) is 5.78 Å². The van der Waals surface area contributed by atoms with Crippen LogP contribution in [0, 0.1) is 6.92 Å². The Bertz CT molecular complexity index is 795. The van der Waals surface area contributed by atoms with Crippen LogP contribution < -0.4 is 4.57 Å². The van der Waals surface area contributed by atoms with Crippen LogP contribution in [-0.4, -0.2) is 10.8 Å². The molecule has 2 aromatic carbocycles. The minimum atomic E-state index is 0.100. The number of benzene rings is 2. The lowest BCUT2D eigenvalue weighted by molar-refractivity contribution is -0.684. The molecule has 1 aromatic heterocycles. The van der Waals surface area contributed by atoms with Crippen molar-refractivity contribution in [3.05, 3.63) is 95.6 Å². The Kier molecular flexibility index (Phi) is 4.57. The van der Waals surface area contributed by atoms with Gasteiger partial charge in [0.1, 0.15) is 5.69 Å². The standard InChI is InChI=1S/C20H19N2O/c1-16-7-9-17(10-8-16)13-19-14-22(12-11-21-19)15-20(23)18-5-3-2-4-6-18/h2-12,14H,13,15H2,1H3/q+1. The highest BCUT2D eigenvalue weighted by atomic mass is 16.1. The number of hydrogen-bond acceptors (Lipinski definition) is 2. The van der Waals surface area contributed by atoms with Crippen molar-refractivity contribution in [3.63, 3.8) is 0 Å². The molecule has 3 nitrogen and oxygen atoms in total. The first kappa shape index (κ1) is 15.1. The van der Waals surface area contributed by atoms with Crippen LogP contribution in [-0.2, 0) is 13.0 Å². The normalized spacial score (nSPS) is 10.5. The third-order valence-electron chi connectivity index (χ3n) is 3.74. The van der Waals surface area contributed by atoms with Gasteiger partial charge in [0.25, 0.3) is 0 Å². The number of Topliss-reactive ketones (excluding diaryl/α,β-unsaturated/α-hetero) is 1. The van der Waals surface area contributed by atoms with E-state index in [2.05, 4.69) is 36.2 Å². The fourth-order valence-corrected chi connectivity index (χ4v) is 2.47. The molecule has 0 N–H and O–H groups in total. The van der Waals surface area contributed by atoms with Crippen LogP contribution in [0.1, 0.15) is 27.2 Å². The van der Waals surface area contributed by atoms with Crippen molar-refractivity contribution in [3.8, 4) is 0 Å². The maximum Gasteiger partial charge on any atom is 0.227 e. The van der Waals surface area contributed by atoms with E-state index in [0.717, 1.165) is 17.7 Å². The lowest BCUT2D eigenvalue weighted by Gasteiger charge is -2.02. The fraction of sp³-hybridized carbons (Fsp3) is 0.150. The molecule has 0 aliphatic carbocycles. The van der Waals surface area contributed by atoms with Gasteiger partial charge >= 0.3 is 0 Å². The highest BCUT2D eigenvalue weighted by molar-refractivity contribution is 5.94. The van der Waals surface area contributed by atoms with Crippen LogP contribution in [0.3, 0.4) is 0 Å². The minimum Gasteiger partial charge on any atom is -0.287 e. The fourth-order valence-electron chi connectivity index (χ4n) is 2.47. The molecule has 3 aromatic rings. The Hall–Kier alpha value is -2.81. The van der Waals surface area contributed by atoms with E-state index < -0.39 is 0 Å². The van der Waals surface area contributed by atoms with Gasteiger partial charge in [0.2, 0.25) is 12.3 Å². The highest BCUT2D eigenvalue weighted by Gasteiger charge is 2.12. The van der Waals surface area contributed by atoms with Gasteiger partial charge in [0, 0.05) is 12.0 Å². The minimum absolute atomic E-state index is 0.100. The average Bonchev–Trinajstić information content (AvgIpc) is 2.58. The third-order valence-corrected chi connectivity index (χ3v) is 3.74. The summed E-state index contributed by atoms with van der Waals surface area (Å²) in [5.74, 6) is 0.100. The molecule has 0 aliphatic heterocycles. The Morgan fingerprint density at radius 2 is 1.78 bits per heavy atom. The van der Waals surface area contributed by atoms with Crippen LogP contribution in [0.2, 0.25) is 0 Å². The molecule has 1 heterocycles. The van der Waals surface area contributed by atoms with Crippen LogP contribution in [0.5, 0.6) is 0 Å². The van der Waals surface area contributed by atoms with E-state index in [1.54, 1.807) is 6.20 Å². The smallest absolute Gasteiger partial charge is 0.227 e. The zero-order chi connectivity index (χ0) is 16.1. The number of aromatic nitrogens is 2. The molecular weight excluding hydrogens is 284 g/mol. The Labute approximate surface area is 136 Å². The molecule has 3 heteroatoms. The summed E-state index contributed by atoms with van der Waals surface area (Å²) in [5.41, 5.74) is 4.16. The topological polar surface area (TPSA) is 33.8 Å². The van der Waals surface area contributed by atoms with Crippen molar-refractivity contribution >= 4 is 5.78 Å². The summed E-state index contributed by atoms with van der Waals surface area (Å²) in [5, 5.41) is 0. The number of rotatable bonds is 5. The molecule has 23 heavy (non-hydrogen) atoms. The number of nitrogens with zero attached hydrogens (tertiary/aromatic N) is 2. The van der Waals surface area contributed by atoms with Crippen molar-refractivity contribution in [1.29, 1.82) is 0 Å². The Morgan fingerprint density at radius 1 is 1.04 bits per heavy atom. The predicted octanol–water partition coefficient (Wildman–Crippen LogP) is 3.15. The summed E-state index contributed by atoms with van der Waals surface area (Å²) < 4.78 is 1.89. The average molecular weight is 303 g/mol. The van der Waals surface area contributed by atoms with E-state index in [9.17, 15) is 4.79 Å². The molecule has 0 bridgehead atoms. The maximum absolute atomic E-state index is 12.3. The van der Waals surface area contributed by atoms with Crippen LogP contribution in [0.25, 0.3) is 0 Å². The van der Waals surface area contributed by atoms with Gasteiger partial charge in [0.05, 0.1) is 6.20 Å². The highest BCUT2D eigenvalue weighted by Crippen LogP contribution is 2.07. The molecule has 3 rings (SSSR count). The Balaban J connectivity index is 1.72. The molecule has 0 unspecified atom stereocenters. The van der Waals surface area contributed by atoms with Gasteiger partial charge in [-0.15, -0.1) is 0 Å². The van der Waals surface area contributed by atoms with Crippen molar-refractivity contribution in [2.45, 2.75) is 19.9 Å². The van der Waals surface area contributed by atoms with Gasteiger partial charge < -0.3 is 0 Å². The number of aryl methyl sites for hydroxylation is 1. The maximum atomic E-state index is 12.3. The lowest BCUT2D eigenvalue weighted by atomic mass is 10.1. The lowest BCUT2D eigenvalue weighted by Crippen LogP contribution is -2.38. The summed E-state index contributed by atoms with van der Waals surface area (Å²) in [6, 6.07) is 17.8. The summed E-state index contributed by atoms with van der Waals surface area (Å²) in [7, 11) is 0. The largest absolute Gasteiger partial charge is 0.287 e. The zero-order valence-corrected chi connectivity index (χ0v) is 13.1. The van der Waals surface area contributed by atoms with Crippen molar-refractivity contribution < 1.29 is 9.36 Å². The first-order valence-corrected chi connectivity index (χ1v) is 7.68. The quantitative estimate of drug-likeness (QED) is 0.536. The molecular formula is C20H19N2O+. The monoisotopic (exact) mass is 303 g/mol. The summed E-state index contributed by atoms with van der Waals surface area (Å²) >= 11 is 0. The number of carbonyl (C=O) groups is 1. The van der Waals surface area contributed by atoms with Gasteiger partial charge in [-0.05, 0) is 12.5 Å². The molecule has 0 saturated heterocycles. The number of hydrogen-bond donors (Lipinski definition) is 0. The predicted molar refractivity (Wildman–Crippen MR) is 89.2 cm³/mol. The number of ketones is 1. The SMILES string of the molecule is Cc1ccc(Cc2c[n+](CC(=O)c3ccccc3)ccn2)cc1. The second-order valence-electron chi connectivity index (χ2n) is 5.67. The molecule has 0 amide bonds. The first-order valence-electron chi connectivity index (χ1n) is 7.68. The molecule has 0 spiro atoms. The van der Waals surface area contributed by atoms with Gasteiger partial charge in [0.15, 0.2) is 12.4 Å². The molecule has 0 aliphatic rings. The van der Waals surface area contributed by atoms with E-state index in [1.807, 2.05) is 47.3 Å². The van der Waals surface area contributed by atoms with E-state index in [1.165, 1.54) is 11.1 Å².